The highest BCUT2D eigenvalue weighted by molar-refractivity contribution is 7.20. The molecule has 0 unspecified atom stereocenters. The van der Waals surface area contributed by atoms with Crippen molar-refractivity contribution < 1.29 is 9.18 Å². The molecule has 0 bridgehead atoms. The van der Waals surface area contributed by atoms with Crippen molar-refractivity contribution in [2.24, 2.45) is 0 Å². The Morgan fingerprint density at radius 2 is 1.85 bits per heavy atom. The van der Waals surface area contributed by atoms with Gasteiger partial charge in [-0.05, 0) is 56.5 Å². The molecule has 0 radical (unpaired) electrons. The van der Waals surface area contributed by atoms with Gasteiger partial charge in [-0.1, -0.05) is 17.4 Å². The number of benzene rings is 1. The van der Waals surface area contributed by atoms with E-state index < -0.39 is 0 Å². The minimum Gasteiger partial charge on any atom is -0.364 e. The molecule has 178 valence electrons. The van der Waals surface area contributed by atoms with Crippen LogP contribution in [-0.2, 0) is 11.2 Å². The molecule has 10 heteroatoms. The monoisotopic (exact) mass is 498 g/mol. The Bertz CT molecular complexity index is 1280. The summed E-state index contributed by atoms with van der Waals surface area (Å²) in [6.07, 6.45) is 0.469. The Kier molecular flexibility index (Phi) is 6.03. The predicted octanol–water partition coefficient (Wildman–Crippen LogP) is 4.76. The molecule has 1 aromatic carbocycles. The van der Waals surface area contributed by atoms with Crippen molar-refractivity contribution in [1.29, 1.82) is 0 Å². The Hall–Kier alpha value is -2.98. The quantitative estimate of drug-likeness (QED) is 0.430. The predicted molar refractivity (Wildman–Crippen MR) is 136 cm³/mol. The van der Waals surface area contributed by atoms with Crippen LogP contribution < -0.4 is 10.2 Å². The number of carbonyl (C=O) groups excluding carboxylic acids is 1. The lowest BCUT2D eigenvalue weighted by molar-refractivity contribution is -0.130. The first kappa shape index (κ1) is 22.8. The first-order valence-electron chi connectivity index (χ1n) is 11.3. The van der Waals surface area contributed by atoms with Crippen molar-refractivity contribution in [2.75, 3.05) is 36.4 Å². The van der Waals surface area contributed by atoms with Crippen molar-refractivity contribution in [2.45, 2.75) is 32.7 Å². The van der Waals surface area contributed by atoms with E-state index in [1.807, 2.05) is 26.9 Å². The Morgan fingerprint density at radius 1 is 1.12 bits per heavy atom. The summed E-state index contributed by atoms with van der Waals surface area (Å²) >= 11 is 3.15. The summed E-state index contributed by atoms with van der Waals surface area (Å²) in [4.78, 5) is 23.5. The van der Waals surface area contributed by atoms with Crippen LogP contribution in [0.15, 0.2) is 41.8 Å². The average Bonchev–Trinajstić information content (AvgIpc) is 3.52. The maximum absolute atomic E-state index is 13.5. The fourth-order valence-corrected chi connectivity index (χ4v) is 5.61. The topological polar surface area (TPSA) is 65.8 Å². The normalized spacial score (nSPS) is 14.7. The Morgan fingerprint density at radius 3 is 2.50 bits per heavy atom. The van der Waals surface area contributed by atoms with E-state index in [1.54, 1.807) is 23.5 Å². The summed E-state index contributed by atoms with van der Waals surface area (Å²) in [5.41, 5.74) is 1.39. The number of amides is 1. The maximum atomic E-state index is 13.5. The van der Waals surface area contributed by atoms with Crippen molar-refractivity contribution in [1.82, 2.24) is 19.5 Å². The number of carbonyl (C=O) groups is 1. The van der Waals surface area contributed by atoms with Crippen LogP contribution in [0.25, 0.3) is 16.2 Å². The highest BCUT2D eigenvalue weighted by Crippen LogP contribution is 2.35. The molecular formula is C24H27FN6OS2. The summed E-state index contributed by atoms with van der Waals surface area (Å²) in [7, 11) is 0. The molecule has 1 saturated heterocycles. The van der Waals surface area contributed by atoms with Gasteiger partial charge in [-0.2, -0.15) is 4.52 Å². The van der Waals surface area contributed by atoms with Gasteiger partial charge < -0.3 is 15.1 Å². The van der Waals surface area contributed by atoms with Gasteiger partial charge >= 0.3 is 0 Å². The maximum Gasteiger partial charge on any atom is 0.227 e. The van der Waals surface area contributed by atoms with Crippen molar-refractivity contribution in [3.8, 4) is 11.3 Å². The lowest BCUT2D eigenvalue weighted by Gasteiger charge is -2.34. The zero-order chi connectivity index (χ0) is 23.9. The summed E-state index contributed by atoms with van der Waals surface area (Å²) in [6.45, 7) is 9.08. The molecule has 5 rings (SSSR count). The third kappa shape index (κ3) is 4.78. The molecule has 7 nitrogen and oxygen atoms in total. The minimum absolute atomic E-state index is 0.177. The van der Waals surface area contributed by atoms with E-state index in [-0.39, 0.29) is 17.3 Å². The van der Waals surface area contributed by atoms with E-state index >= 15 is 0 Å². The van der Waals surface area contributed by atoms with Gasteiger partial charge in [0, 0.05) is 42.2 Å². The first-order valence-corrected chi connectivity index (χ1v) is 13.0. The second-order valence-electron chi connectivity index (χ2n) is 9.39. The van der Waals surface area contributed by atoms with Gasteiger partial charge in [0.15, 0.2) is 5.82 Å². The van der Waals surface area contributed by atoms with Gasteiger partial charge in [0.2, 0.25) is 16.0 Å². The second-order valence-corrected chi connectivity index (χ2v) is 11.4. The zero-order valence-corrected chi connectivity index (χ0v) is 21.0. The molecule has 1 aliphatic heterocycles. The van der Waals surface area contributed by atoms with Crippen LogP contribution in [-0.4, -0.2) is 57.1 Å². The average molecular weight is 499 g/mol. The highest BCUT2D eigenvalue weighted by atomic mass is 32.1. The van der Waals surface area contributed by atoms with E-state index in [2.05, 4.69) is 31.0 Å². The lowest BCUT2D eigenvalue weighted by Crippen LogP contribution is -2.49. The van der Waals surface area contributed by atoms with E-state index in [0.717, 1.165) is 45.1 Å². The van der Waals surface area contributed by atoms with Gasteiger partial charge in [0.25, 0.3) is 0 Å². The van der Waals surface area contributed by atoms with Crippen LogP contribution in [0.4, 0.5) is 15.3 Å². The lowest BCUT2D eigenvalue weighted by atomic mass is 10.1. The Labute approximate surface area is 205 Å². The third-order valence-corrected chi connectivity index (χ3v) is 7.46. The van der Waals surface area contributed by atoms with Crippen LogP contribution in [0.1, 0.15) is 25.6 Å². The van der Waals surface area contributed by atoms with Gasteiger partial charge in [-0.3, -0.25) is 4.79 Å². The van der Waals surface area contributed by atoms with Gasteiger partial charge in [-0.15, -0.1) is 16.4 Å². The molecule has 0 atom stereocenters. The van der Waals surface area contributed by atoms with Gasteiger partial charge in [0.05, 0.1) is 6.42 Å². The summed E-state index contributed by atoms with van der Waals surface area (Å²) in [6, 6.07) is 10.4. The number of anilines is 2. The van der Waals surface area contributed by atoms with E-state index in [4.69, 9.17) is 10.1 Å². The Balaban J connectivity index is 1.36. The standard InChI is InChI=1S/C24H27FN6OS2/c1-24(2,3)27-21-20(16-6-8-17(25)9-7-16)26-22-31(21)28-23(34-22)30-12-10-29(11-13-30)19(32)15-18-5-4-14-33-18/h4-9,14,27H,10-13,15H2,1-3H3. The highest BCUT2D eigenvalue weighted by Gasteiger charge is 2.26. The fraction of sp³-hybridized carbons (Fsp3) is 0.375. The molecule has 0 spiro atoms. The molecule has 4 aromatic rings. The number of imidazole rings is 1. The van der Waals surface area contributed by atoms with Crippen molar-refractivity contribution in [3.05, 3.63) is 52.5 Å². The number of thiophene rings is 1. The molecule has 1 aliphatic rings. The summed E-state index contributed by atoms with van der Waals surface area (Å²) < 4.78 is 15.3. The second kappa shape index (κ2) is 8.99. The summed E-state index contributed by atoms with van der Waals surface area (Å²) in [5.74, 6) is 0.696. The number of nitrogens with zero attached hydrogens (tertiary/aromatic N) is 5. The number of aromatic nitrogens is 3. The number of rotatable bonds is 5. The van der Waals surface area contributed by atoms with E-state index in [0.29, 0.717) is 19.5 Å². The molecule has 0 aliphatic carbocycles. The van der Waals surface area contributed by atoms with Crippen LogP contribution in [0.5, 0.6) is 0 Å². The SMILES string of the molecule is CC(C)(C)Nc1c(-c2ccc(F)cc2)nc2sc(N3CCN(C(=O)Cc4cccs4)CC3)nn12. The molecule has 4 heterocycles. The number of hydrogen-bond donors (Lipinski definition) is 1. The van der Waals surface area contributed by atoms with Crippen LogP contribution >= 0.6 is 22.7 Å². The van der Waals surface area contributed by atoms with Crippen LogP contribution in [0, 0.1) is 5.82 Å². The van der Waals surface area contributed by atoms with Crippen molar-refractivity contribution in [3.63, 3.8) is 0 Å². The van der Waals surface area contributed by atoms with Crippen molar-refractivity contribution >= 4 is 44.5 Å². The third-order valence-electron chi connectivity index (χ3n) is 5.61. The minimum atomic E-state index is -0.275. The molecule has 0 saturated carbocycles. The number of fused-ring (bicyclic) bond motifs is 1. The molecule has 34 heavy (non-hydrogen) atoms. The number of piperazine rings is 1. The van der Waals surface area contributed by atoms with Crippen LogP contribution in [0.3, 0.4) is 0 Å². The molecule has 1 fully saturated rings. The van der Waals surface area contributed by atoms with Gasteiger partial charge in [0.1, 0.15) is 11.5 Å². The molecule has 1 N–H and O–H groups in total. The first-order chi connectivity index (χ1) is 16.3. The largest absolute Gasteiger partial charge is 0.364 e. The molecule has 1 amide bonds. The smallest absolute Gasteiger partial charge is 0.227 e. The fourth-order valence-electron chi connectivity index (χ4n) is 3.96. The molecule has 3 aromatic heterocycles. The number of hydrogen-bond acceptors (Lipinski definition) is 7. The van der Waals surface area contributed by atoms with Gasteiger partial charge in [-0.25, -0.2) is 9.37 Å². The van der Waals surface area contributed by atoms with E-state index in [1.165, 1.54) is 23.5 Å². The molecular weight excluding hydrogens is 471 g/mol. The number of nitrogens with one attached hydrogen (secondary N) is 1. The van der Waals surface area contributed by atoms with Crippen LogP contribution in [0.2, 0.25) is 0 Å². The van der Waals surface area contributed by atoms with E-state index in [9.17, 15) is 9.18 Å². The summed E-state index contributed by atoms with van der Waals surface area (Å²) in [5, 5.41) is 11.3. The zero-order valence-electron chi connectivity index (χ0n) is 19.4. The number of halogens is 1.